The Balaban J connectivity index is 1.41. The molecule has 0 spiro atoms. The normalized spacial score (nSPS) is 15.9. The summed E-state index contributed by atoms with van der Waals surface area (Å²) in [6.07, 6.45) is 1.53. The van der Waals surface area contributed by atoms with Crippen molar-refractivity contribution in [3.63, 3.8) is 0 Å². The molecule has 1 aliphatic carbocycles. The van der Waals surface area contributed by atoms with Gasteiger partial charge in [-0.3, -0.25) is 4.79 Å². The minimum absolute atomic E-state index is 0.0530. The van der Waals surface area contributed by atoms with Gasteiger partial charge >= 0.3 is 0 Å². The van der Waals surface area contributed by atoms with Crippen LogP contribution in [0.25, 0.3) is 11.1 Å². The van der Waals surface area contributed by atoms with Crippen molar-refractivity contribution in [2.45, 2.75) is 30.1 Å². The average Bonchev–Trinajstić information content (AvgIpc) is 3.45. The van der Waals surface area contributed by atoms with Crippen molar-refractivity contribution in [3.05, 3.63) is 71.8 Å². The summed E-state index contributed by atoms with van der Waals surface area (Å²) in [6, 6.07) is 17.5. The fourth-order valence-electron chi connectivity index (χ4n) is 4.11. The molecule has 1 fully saturated rings. The van der Waals surface area contributed by atoms with Gasteiger partial charge in [0.25, 0.3) is 10.0 Å². The maximum Gasteiger partial charge on any atom is 0.254 e. The van der Waals surface area contributed by atoms with Crippen LogP contribution < -0.4 is 19.9 Å². The van der Waals surface area contributed by atoms with E-state index in [1.54, 1.807) is 12.1 Å². The van der Waals surface area contributed by atoms with Gasteiger partial charge in [-0.05, 0) is 72.4 Å². The molecule has 163 valence electrons. The number of amides is 1. The third-order valence-electron chi connectivity index (χ3n) is 6.17. The van der Waals surface area contributed by atoms with Crippen LogP contribution in [0, 0.1) is 6.92 Å². The van der Waals surface area contributed by atoms with Crippen LogP contribution >= 0.6 is 0 Å². The number of ether oxygens (including phenoxy) is 2. The molecule has 2 aliphatic rings. The molecule has 0 unspecified atom stereocenters. The first-order chi connectivity index (χ1) is 15.3. The smallest absolute Gasteiger partial charge is 0.254 e. The largest absolute Gasteiger partial charge is 0.454 e. The number of fused-ring (bicyclic) bond motifs is 1. The van der Waals surface area contributed by atoms with Crippen molar-refractivity contribution in [1.82, 2.24) is 5.14 Å². The number of nitrogens with one attached hydrogen (secondary N) is 2. The monoisotopic (exact) mass is 449 g/mol. The Morgan fingerprint density at radius 2 is 1.72 bits per heavy atom. The van der Waals surface area contributed by atoms with E-state index in [0.717, 1.165) is 35.1 Å². The van der Waals surface area contributed by atoms with Gasteiger partial charge in [0.1, 0.15) is 0 Å². The van der Waals surface area contributed by atoms with Gasteiger partial charge < -0.3 is 14.8 Å². The van der Waals surface area contributed by atoms with E-state index in [9.17, 15) is 13.2 Å². The summed E-state index contributed by atoms with van der Waals surface area (Å²) in [5.74, 6) is 1.29. The molecular formula is C24H21N2O5S. The van der Waals surface area contributed by atoms with Crippen molar-refractivity contribution in [3.8, 4) is 22.6 Å². The Kier molecular flexibility index (Phi) is 4.72. The molecule has 0 atom stereocenters. The maximum absolute atomic E-state index is 13.3. The van der Waals surface area contributed by atoms with E-state index >= 15 is 0 Å². The quantitative estimate of drug-likeness (QED) is 0.633. The minimum Gasteiger partial charge on any atom is -0.454 e. The van der Waals surface area contributed by atoms with E-state index in [2.05, 4.69) is 5.32 Å². The lowest BCUT2D eigenvalue weighted by Gasteiger charge is -2.18. The molecule has 32 heavy (non-hydrogen) atoms. The molecule has 7 nitrogen and oxygen atoms in total. The van der Waals surface area contributed by atoms with Crippen molar-refractivity contribution < 1.29 is 22.7 Å². The lowest BCUT2D eigenvalue weighted by molar-refractivity contribution is -0.118. The van der Waals surface area contributed by atoms with Crippen LogP contribution in [0.3, 0.4) is 0 Å². The second-order valence-electron chi connectivity index (χ2n) is 8.11. The number of sulfonamides is 1. The molecule has 8 heteroatoms. The van der Waals surface area contributed by atoms with Gasteiger partial charge in [0.05, 0.1) is 10.3 Å². The number of hydrogen-bond acceptors (Lipinski definition) is 5. The maximum atomic E-state index is 13.3. The number of rotatable bonds is 5. The summed E-state index contributed by atoms with van der Waals surface area (Å²) in [7, 11) is -4.00. The van der Waals surface area contributed by atoms with E-state index in [0.29, 0.717) is 17.2 Å². The SMILES string of the molecule is Cc1c(NC(=O)C2(c3ccc4c(c3)OCO4)CC2)cccc1-c1ccc(S([NH])(=O)=O)cc1. The predicted molar refractivity (Wildman–Crippen MR) is 119 cm³/mol. The van der Waals surface area contributed by atoms with Gasteiger partial charge in [-0.15, -0.1) is 5.14 Å². The van der Waals surface area contributed by atoms with E-state index in [4.69, 9.17) is 14.6 Å². The van der Waals surface area contributed by atoms with Crippen LogP contribution in [0.4, 0.5) is 5.69 Å². The first-order valence-corrected chi connectivity index (χ1v) is 11.7. The molecule has 1 saturated carbocycles. The summed E-state index contributed by atoms with van der Waals surface area (Å²) >= 11 is 0. The number of carbonyl (C=O) groups excluding carboxylic acids is 1. The zero-order valence-corrected chi connectivity index (χ0v) is 18.2. The van der Waals surface area contributed by atoms with Gasteiger partial charge in [-0.25, -0.2) is 8.42 Å². The molecule has 1 amide bonds. The number of anilines is 1. The van der Waals surface area contributed by atoms with Crippen LogP contribution in [0.1, 0.15) is 24.0 Å². The summed E-state index contributed by atoms with van der Waals surface area (Å²) in [5.41, 5.74) is 3.61. The van der Waals surface area contributed by atoms with Crippen LogP contribution in [-0.4, -0.2) is 21.1 Å². The lowest BCUT2D eigenvalue weighted by atomic mass is 9.93. The molecular weight excluding hydrogens is 428 g/mol. The fourth-order valence-corrected chi connectivity index (χ4v) is 4.60. The molecule has 0 aromatic heterocycles. The zero-order chi connectivity index (χ0) is 22.5. The highest BCUT2D eigenvalue weighted by Crippen LogP contribution is 2.51. The molecule has 3 aromatic rings. The highest BCUT2D eigenvalue weighted by Gasteiger charge is 2.51. The third kappa shape index (κ3) is 3.51. The summed E-state index contributed by atoms with van der Waals surface area (Å²) in [4.78, 5) is 13.2. The average molecular weight is 450 g/mol. The van der Waals surface area contributed by atoms with Crippen molar-refractivity contribution in [1.29, 1.82) is 0 Å². The number of carbonyl (C=O) groups is 1. The zero-order valence-electron chi connectivity index (χ0n) is 17.3. The summed E-state index contributed by atoms with van der Waals surface area (Å²) in [6.45, 7) is 2.11. The Hall–Kier alpha value is -3.36. The molecule has 0 saturated heterocycles. The van der Waals surface area contributed by atoms with E-state index < -0.39 is 15.4 Å². The summed E-state index contributed by atoms with van der Waals surface area (Å²) in [5, 5.41) is 10.3. The first kappa shape index (κ1) is 20.5. The fraction of sp³-hybridized carbons (Fsp3) is 0.208. The van der Waals surface area contributed by atoms with Crippen LogP contribution in [-0.2, 0) is 20.2 Å². The van der Waals surface area contributed by atoms with Crippen LogP contribution in [0.15, 0.2) is 65.6 Å². The lowest BCUT2D eigenvalue weighted by Crippen LogP contribution is -2.28. The Labute approximate surface area is 186 Å². The minimum atomic E-state index is -4.00. The Morgan fingerprint density at radius 1 is 1.00 bits per heavy atom. The van der Waals surface area contributed by atoms with Crippen LogP contribution in [0.5, 0.6) is 11.5 Å². The second kappa shape index (κ2) is 7.36. The second-order valence-corrected chi connectivity index (χ2v) is 9.59. The van der Waals surface area contributed by atoms with E-state index in [1.807, 2.05) is 43.3 Å². The molecule has 3 aromatic carbocycles. The van der Waals surface area contributed by atoms with E-state index in [-0.39, 0.29) is 17.6 Å². The molecule has 0 bridgehead atoms. The van der Waals surface area contributed by atoms with Gasteiger partial charge in [0.15, 0.2) is 11.5 Å². The predicted octanol–water partition coefficient (Wildman–Crippen LogP) is 4.03. The van der Waals surface area contributed by atoms with Crippen molar-refractivity contribution in [2.75, 3.05) is 12.1 Å². The molecule has 2 N–H and O–H groups in total. The number of hydrogen-bond donors (Lipinski definition) is 1. The standard InChI is InChI=1S/C24H21N2O5S/c1-15-19(16-5-8-18(9-6-16)32(25,28)29)3-2-4-20(15)26-23(27)24(11-12-24)17-7-10-21-22(13-17)31-14-30-21/h2-10,13,25H,11-12,14H2,1H3,(H,26,27). The molecule has 1 heterocycles. The number of benzene rings is 3. The molecule has 5 rings (SSSR count). The highest BCUT2D eigenvalue weighted by molar-refractivity contribution is 7.88. The van der Waals surface area contributed by atoms with Crippen molar-refractivity contribution >= 4 is 21.6 Å². The van der Waals surface area contributed by atoms with Crippen LogP contribution in [0.2, 0.25) is 0 Å². The Morgan fingerprint density at radius 3 is 2.41 bits per heavy atom. The Bertz CT molecular complexity index is 1330. The molecule has 1 aliphatic heterocycles. The topological polar surface area (TPSA) is 106 Å². The van der Waals surface area contributed by atoms with Gasteiger partial charge in [0.2, 0.25) is 12.7 Å². The van der Waals surface area contributed by atoms with Gasteiger partial charge in [0, 0.05) is 5.69 Å². The first-order valence-electron chi connectivity index (χ1n) is 10.2. The van der Waals surface area contributed by atoms with E-state index in [1.165, 1.54) is 12.1 Å². The van der Waals surface area contributed by atoms with Gasteiger partial charge in [-0.2, -0.15) is 0 Å². The van der Waals surface area contributed by atoms with Crippen molar-refractivity contribution in [2.24, 2.45) is 0 Å². The third-order valence-corrected chi connectivity index (χ3v) is 7.06. The summed E-state index contributed by atoms with van der Waals surface area (Å²) < 4.78 is 33.7. The van der Waals surface area contributed by atoms with Gasteiger partial charge in [-0.1, -0.05) is 30.3 Å². The molecule has 1 radical (unpaired) electrons. The highest BCUT2D eigenvalue weighted by atomic mass is 32.2.